The molecular weight excluding hydrogens is 330 g/mol. The van der Waals surface area contributed by atoms with E-state index in [9.17, 15) is 0 Å². The second-order valence-corrected chi connectivity index (χ2v) is 7.17. The summed E-state index contributed by atoms with van der Waals surface area (Å²) in [5.41, 5.74) is 6.10. The van der Waals surface area contributed by atoms with E-state index in [0.29, 0.717) is 5.92 Å². The Labute approximate surface area is 158 Å². The van der Waals surface area contributed by atoms with Crippen LogP contribution in [0, 0.1) is 0 Å². The van der Waals surface area contributed by atoms with Crippen LogP contribution in [-0.4, -0.2) is 15.0 Å². The number of fused-ring (bicyclic) bond motifs is 1. The Morgan fingerprint density at radius 3 is 2.59 bits per heavy atom. The van der Waals surface area contributed by atoms with E-state index in [4.69, 9.17) is 0 Å². The van der Waals surface area contributed by atoms with Crippen LogP contribution in [0.3, 0.4) is 0 Å². The fourth-order valence-electron chi connectivity index (χ4n) is 4.19. The van der Waals surface area contributed by atoms with Gasteiger partial charge in [0, 0.05) is 23.5 Å². The number of nitrogens with zero attached hydrogens (tertiary/aromatic N) is 2. The lowest BCUT2D eigenvalue weighted by Gasteiger charge is -2.21. The first-order valence-electron chi connectivity index (χ1n) is 9.47. The van der Waals surface area contributed by atoms with Crippen molar-refractivity contribution in [1.82, 2.24) is 15.0 Å². The number of nitrogens with one attached hydrogen (secondary N) is 1. The van der Waals surface area contributed by atoms with Gasteiger partial charge >= 0.3 is 0 Å². The third-order valence-electron chi connectivity index (χ3n) is 5.53. The Balaban J connectivity index is 1.75. The van der Waals surface area contributed by atoms with E-state index in [-0.39, 0.29) is 5.92 Å². The number of benzene rings is 2. The fraction of sp³-hybridized carbons (Fsp3) is 0.167. The highest BCUT2D eigenvalue weighted by molar-refractivity contribution is 5.84. The zero-order chi connectivity index (χ0) is 18.1. The average Bonchev–Trinajstić information content (AvgIpc) is 3.43. The molecule has 2 heterocycles. The van der Waals surface area contributed by atoms with E-state index in [2.05, 4.69) is 75.6 Å². The van der Waals surface area contributed by atoms with Gasteiger partial charge in [-0.3, -0.25) is 4.98 Å². The second-order valence-electron chi connectivity index (χ2n) is 7.17. The molecule has 132 valence electrons. The van der Waals surface area contributed by atoms with Gasteiger partial charge in [-0.2, -0.15) is 0 Å². The van der Waals surface area contributed by atoms with Crippen LogP contribution >= 0.6 is 0 Å². The fourth-order valence-corrected chi connectivity index (χ4v) is 4.19. The number of aromatic nitrogens is 3. The summed E-state index contributed by atoms with van der Waals surface area (Å²) < 4.78 is 0. The van der Waals surface area contributed by atoms with Crippen LogP contribution in [-0.2, 0) is 0 Å². The maximum absolute atomic E-state index is 4.69. The second kappa shape index (κ2) is 6.84. The molecule has 0 saturated heterocycles. The summed E-state index contributed by atoms with van der Waals surface area (Å²) in [6, 6.07) is 19.5. The van der Waals surface area contributed by atoms with Crippen molar-refractivity contribution in [2.24, 2.45) is 0 Å². The third kappa shape index (κ3) is 2.95. The van der Waals surface area contributed by atoms with Gasteiger partial charge in [-0.05, 0) is 47.6 Å². The molecule has 3 heteroatoms. The SMILES string of the molecule is C1=CCC(c2cc(C(c3ccccc3)c3cnc[nH]3)c3cccnc3c2)C1. The summed E-state index contributed by atoms with van der Waals surface area (Å²) in [5.74, 6) is 0.656. The number of rotatable bonds is 4. The normalized spacial score (nSPS) is 15.4. The molecule has 4 aromatic rings. The summed E-state index contributed by atoms with van der Waals surface area (Å²) >= 11 is 0. The largest absolute Gasteiger partial charge is 0.348 e. The van der Waals surface area contributed by atoms with Gasteiger partial charge in [0.15, 0.2) is 0 Å². The number of H-pyrrole nitrogens is 1. The van der Waals surface area contributed by atoms with Crippen molar-refractivity contribution in [3.63, 3.8) is 0 Å². The highest BCUT2D eigenvalue weighted by Crippen LogP contribution is 2.39. The first kappa shape index (κ1) is 16.0. The maximum atomic E-state index is 4.69. The van der Waals surface area contributed by atoms with Crippen LogP contribution in [0.15, 0.2) is 85.5 Å². The number of aromatic amines is 1. The van der Waals surface area contributed by atoms with Gasteiger partial charge in [-0.25, -0.2) is 4.98 Å². The molecule has 1 unspecified atom stereocenters. The molecule has 1 atom stereocenters. The highest BCUT2D eigenvalue weighted by atomic mass is 14.9. The first-order chi connectivity index (χ1) is 13.4. The molecule has 0 fully saturated rings. The lowest BCUT2D eigenvalue weighted by molar-refractivity contribution is 0.752. The molecule has 1 aliphatic rings. The monoisotopic (exact) mass is 351 g/mol. The Morgan fingerprint density at radius 1 is 0.963 bits per heavy atom. The Kier molecular flexibility index (Phi) is 4.06. The standard InChI is InChI=1S/C24H21N3/c1-2-9-18(10-3-1)24(23-15-25-16-27-23)21-13-19(17-7-4-5-8-17)14-22-20(21)11-6-12-26-22/h1-6,9-17,24H,7-8H2,(H,25,27). The molecule has 2 aromatic heterocycles. The Morgan fingerprint density at radius 2 is 1.81 bits per heavy atom. The minimum atomic E-state index is 0.106. The smallest absolute Gasteiger partial charge is 0.0922 e. The summed E-state index contributed by atoms with van der Waals surface area (Å²) in [5, 5.41) is 1.20. The first-order valence-corrected chi connectivity index (χ1v) is 9.47. The van der Waals surface area contributed by atoms with E-state index in [1.165, 1.54) is 22.1 Å². The van der Waals surface area contributed by atoms with Crippen molar-refractivity contribution < 1.29 is 0 Å². The lowest BCUT2D eigenvalue weighted by Crippen LogP contribution is -2.07. The zero-order valence-corrected chi connectivity index (χ0v) is 15.0. The molecule has 2 aromatic carbocycles. The van der Waals surface area contributed by atoms with Crippen LogP contribution in [0.4, 0.5) is 0 Å². The summed E-state index contributed by atoms with van der Waals surface area (Å²) in [7, 11) is 0. The number of allylic oxidation sites excluding steroid dienone is 2. The van der Waals surface area contributed by atoms with Crippen molar-refractivity contribution in [3.8, 4) is 0 Å². The molecule has 1 N–H and O–H groups in total. The molecular formula is C24H21N3. The molecule has 0 radical (unpaired) electrons. The van der Waals surface area contributed by atoms with Crippen LogP contribution in [0.1, 0.15) is 47.1 Å². The predicted octanol–water partition coefficient (Wildman–Crippen LogP) is 5.57. The van der Waals surface area contributed by atoms with Crippen LogP contribution in [0.25, 0.3) is 10.9 Å². The van der Waals surface area contributed by atoms with Crippen LogP contribution in [0.2, 0.25) is 0 Å². The van der Waals surface area contributed by atoms with E-state index in [0.717, 1.165) is 24.1 Å². The van der Waals surface area contributed by atoms with E-state index < -0.39 is 0 Å². The van der Waals surface area contributed by atoms with E-state index in [1.54, 1.807) is 6.33 Å². The van der Waals surface area contributed by atoms with Crippen LogP contribution in [0.5, 0.6) is 0 Å². The number of hydrogen-bond acceptors (Lipinski definition) is 2. The predicted molar refractivity (Wildman–Crippen MR) is 109 cm³/mol. The number of pyridine rings is 1. The van der Waals surface area contributed by atoms with Crippen molar-refractivity contribution in [3.05, 3.63) is 108 Å². The van der Waals surface area contributed by atoms with E-state index in [1.807, 2.05) is 18.5 Å². The maximum Gasteiger partial charge on any atom is 0.0922 e. The Bertz CT molecular complexity index is 1070. The molecule has 27 heavy (non-hydrogen) atoms. The quantitative estimate of drug-likeness (QED) is 0.488. The summed E-state index contributed by atoms with van der Waals surface area (Å²) in [4.78, 5) is 12.3. The minimum absolute atomic E-state index is 0.106. The van der Waals surface area contributed by atoms with Gasteiger partial charge in [0.1, 0.15) is 0 Å². The minimum Gasteiger partial charge on any atom is -0.348 e. The van der Waals surface area contributed by atoms with Gasteiger partial charge < -0.3 is 4.98 Å². The Hall–Kier alpha value is -3.20. The summed E-state index contributed by atoms with van der Waals surface area (Å²) in [6.45, 7) is 0. The van der Waals surface area contributed by atoms with Crippen molar-refractivity contribution in [1.29, 1.82) is 0 Å². The van der Waals surface area contributed by atoms with Crippen LogP contribution < -0.4 is 0 Å². The van der Waals surface area contributed by atoms with Gasteiger partial charge in [-0.15, -0.1) is 0 Å². The lowest BCUT2D eigenvalue weighted by atomic mass is 9.83. The van der Waals surface area contributed by atoms with Crippen molar-refractivity contribution in [2.75, 3.05) is 0 Å². The molecule has 0 bridgehead atoms. The van der Waals surface area contributed by atoms with Gasteiger partial charge in [0.25, 0.3) is 0 Å². The zero-order valence-electron chi connectivity index (χ0n) is 15.0. The molecule has 3 nitrogen and oxygen atoms in total. The highest BCUT2D eigenvalue weighted by Gasteiger charge is 2.23. The van der Waals surface area contributed by atoms with Gasteiger partial charge in [0.2, 0.25) is 0 Å². The number of hydrogen-bond donors (Lipinski definition) is 1. The van der Waals surface area contributed by atoms with E-state index >= 15 is 0 Å². The van der Waals surface area contributed by atoms with Gasteiger partial charge in [-0.1, -0.05) is 54.6 Å². The molecule has 0 aliphatic heterocycles. The molecule has 1 aliphatic carbocycles. The molecule has 5 rings (SSSR count). The topological polar surface area (TPSA) is 41.6 Å². The molecule has 0 spiro atoms. The van der Waals surface area contributed by atoms with Crippen molar-refractivity contribution >= 4 is 10.9 Å². The third-order valence-corrected chi connectivity index (χ3v) is 5.53. The number of imidazole rings is 1. The molecule has 0 saturated carbocycles. The van der Waals surface area contributed by atoms with Gasteiger partial charge in [0.05, 0.1) is 17.8 Å². The molecule has 0 amide bonds. The average molecular weight is 351 g/mol. The summed E-state index contributed by atoms with van der Waals surface area (Å²) in [6.07, 6.45) is 12.4. The van der Waals surface area contributed by atoms with Crippen molar-refractivity contribution in [2.45, 2.75) is 24.7 Å².